The van der Waals surface area contributed by atoms with Gasteiger partial charge in [-0.15, -0.1) is 0 Å². The van der Waals surface area contributed by atoms with E-state index in [9.17, 15) is 9.59 Å². The minimum atomic E-state index is -0.542. The Hall–Kier alpha value is -1.26. The number of carbonyl (C=O) groups excluding carboxylic acids is 2. The molecule has 2 fully saturated rings. The fraction of sp³-hybridized carbons (Fsp3) is 0.846. The van der Waals surface area contributed by atoms with Gasteiger partial charge in [0.2, 0.25) is 0 Å². The van der Waals surface area contributed by atoms with Crippen LogP contribution in [-0.4, -0.2) is 41.8 Å². The van der Waals surface area contributed by atoms with Gasteiger partial charge in [-0.1, -0.05) is 0 Å². The van der Waals surface area contributed by atoms with Crippen molar-refractivity contribution >= 4 is 12.1 Å². The van der Waals surface area contributed by atoms with Crippen LogP contribution in [0.25, 0.3) is 0 Å². The Bertz CT molecular complexity index is 360. The summed E-state index contributed by atoms with van der Waals surface area (Å²) in [6.45, 7) is 5.48. The van der Waals surface area contributed by atoms with Gasteiger partial charge in [-0.3, -0.25) is 4.90 Å². The van der Waals surface area contributed by atoms with Crippen LogP contribution in [0.5, 0.6) is 0 Å². The highest BCUT2D eigenvalue weighted by Gasteiger charge is 2.53. The van der Waals surface area contributed by atoms with Gasteiger partial charge in [0, 0.05) is 6.04 Å². The van der Waals surface area contributed by atoms with Crippen molar-refractivity contribution in [3.63, 3.8) is 0 Å². The first kappa shape index (κ1) is 13.2. The number of hydrogen-bond acceptors (Lipinski definition) is 4. The van der Waals surface area contributed by atoms with Gasteiger partial charge in [0.15, 0.2) is 0 Å². The SMILES string of the molecule is COC(=O)[C@@H]1CCC2CC2N1C(=O)OC(C)(C)C. The van der Waals surface area contributed by atoms with Crippen molar-refractivity contribution in [2.45, 2.75) is 57.7 Å². The van der Waals surface area contributed by atoms with E-state index in [1.165, 1.54) is 7.11 Å². The molecule has 1 aliphatic carbocycles. The molecule has 0 aromatic rings. The zero-order valence-electron chi connectivity index (χ0n) is 11.4. The zero-order valence-corrected chi connectivity index (χ0v) is 11.4. The maximum atomic E-state index is 12.2. The summed E-state index contributed by atoms with van der Waals surface area (Å²) in [4.78, 5) is 25.5. The van der Waals surface area contributed by atoms with Crippen LogP contribution < -0.4 is 0 Å². The summed E-state index contributed by atoms with van der Waals surface area (Å²) in [6, 6.07) is -0.314. The first-order valence-electron chi connectivity index (χ1n) is 6.42. The fourth-order valence-electron chi connectivity index (χ4n) is 2.57. The quantitative estimate of drug-likeness (QED) is 0.672. The summed E-state index contributed by atoms with van der Waals surface area (Å²) in [5.74, 6) is 0.199. The summed E-state index contributed by atoms with van der Waals surface area (Å²) in [5, 5.41) is 0. The molecule has 0 bridgehead atoms. The van der Waals surface area contributed by atoms with E-state index >= 15 is 0 Å². The number of piperidine rings is 1. The van der Waals surface area contributed by atoms with Crippen molar-refractivity contribution in [2.24, 2.45) is 5.92 Å². The minimum Gasteiger partial charge on any atom is -0.467 e. The third kappa shape index (κ3) is 2.60. The molecule has 2 aliphatic rings. The van der Waals surface area contributed by atoms with Crippen molar-refractivity contribution in [1.82, 2.24) is 4.90 Å². The van der Waals surface area contributed by atoms with Crippen LogP contribution in [0.4, 0.5) is 4.79 Å². The number of ether oxygens (including phenoxy) is 2. The molecule has 0 spiro atoms. The molecule has 0 radical (unpaired) electrons. The number of methoxy groups -OCH3 is 1. The van der Waals surface area contributed by atoms with Gasteiger partial charge in [-0.05, 0) is 46.0 Å². The smallest absolute Gasteiger partial charge is 0.411 e. The van der Waals surface area contributed by atoms with E-state index in [-0.39, 0.29) is 12.0 Å². The number of likely N-dealkylation sites (tertiary alicyclic amines) is 1. The Morgan fingerprint density at radius 2 is 1.89 bits per heavy atom. The van der Waals surface area contributed by atoms with Gasteiger partial charge in [0.1, 0.15) is 11.6 Å². The first-order valence-corrected chi connectivity index (χ1v) is 6.42. The Morgan fingerprint density at radius 1 is 1.22 bits per heavy atom. The summed E-state index contributed by atoms with van der Waals surface area (Å²) in [7, 11) is 1.36. The van der Waals surface area contributed by atoms with E-state index in [0.717, 1.165) is 12.8 Å². The second-order valence-corrected chi connectivity index (χ2v) is 6.07. The molecule has 2 unspecified atom stereocenters. The number of amides is 1. The number of carbonyl (C=O) groups is 2. The summed E-state index contributed by atoms with van der Waals surface area (Å²) < 4.78 is 10.2. The Balaban J connectivity index is 2.11. The molecule has 0 aromatic carbocycles. The second kappa shape index (κ2) is 4.44. The van der Waals surface area contributed by atoms with Crippen LogP contribution >= 0.6 is 0 Å². The lowest BCUT2D eigenvalue weighted by Crippen LogP contribution is -2.51. The van der Waals surface area contributed by atoms with Crippen LogP contribution in [0.1, 0.15) is 40.0 Å². The van der Waals surface area contributed by atoms with E-state index < -0.39 is 17.7 Å². The van der Waals surface area contributed by atoms with E-state index in [0.29, 0.717) is 12.3 Å². The Kier molecular flexibility index (Phi) is 3.25. The predicted molar refractivity (Wildman–Crippen MR) is 65.0 cm³/mol. The molecule has 1 amide bonds. The third-order valence-electron chi connectivity index (χ3n) is 3.47. The van der Waals surface area contributed by atoms with Crippen molar-refractivity contribution < 1.29 is 19.1 Å². The van der Waals surface area contributed by atoms with Gasteiger partial charge in [-0.2, -0.15) is 0 Å². The summed E-state index contributed by atoms with van der Waals surface area (Å²) in [6.07, 6.45) is 2.24. The van der Waals surface area contributed by atoms with Gasteiger partial charge < -0.3 is 9.47 Å². The second-order valence-electron chi connectivity index (χ2n) is 6.07. The number of rotatable bonds is 1. The molecule has 102 valence electrons. The molecule has 0 aromatic heterocycles. The molecule has 5 heteroatoms. The van der Waals surface area contributed by atoms with Crippen LogP contribution in [0.15, 0.2) is 0 Å². The molecule has 1 heterocycles. The largest absolute Gasteiger partial charge is 0.467 e. The highest BCUT2D eigenvalue weighted by Crippen LogP contribution is 2.46. The molecule has 0 N–H and O–H groups in total. The summed E-state index contributed by atoms with van der Waals surface area (Å²) in [5.41, 5.74) is -0.542. The first-order chi connectivity index (χ1) is 8.33. The lowest BCUT2D eigenvalue weighted by Gasteiger charge is -2.35. The predicted octanol–water partition coefficient (Wildman–Crippen LogP) is 1.95. The van der Waals surface area contributed by atoms with Gasteiger partial charge in [0.05, 0.1) is 7.11 Å². The minimum absolute atomic E-state index is 0.165. The van der Waals surface area contributed by atoms with Crippen molar-refractivity contribution in [3.8, 4) is 0 Å². The van der Waals surface area contributed by atoms with Crippen LogP contribution in [-0.2, 0) is 14.3 Å². The van der Waals surface area contributed by atoms with E-state index in [1.54, 1.807) is 4.90 Å². The molecule has 18 heavy (non-hydrogen) atoms. The zero-order chi connectivity index (χ0) is 13.5. The number of hydrogen-bond donors (Lipinski definition) is 0. The third-order valence-corrected chi connectivity index (χ3v) is 3.47. The van der Waals surface area contributed by atoms with Gasteiger partial charge >= 0.3 is 12.1 Å². The standard InChI is InChI=1S/C13H21NO4/c1-13(2,3)18-12(16)14-9(11(15)17-4)6-5-8-7-10(8)14/h8-10H,5-7H2,1-4H3/t8?,9-,10?/m0/s1. The monoisotopic (exact) mass is 255 g/mol. The molecule has 2 rings (SSSR count). The van der Waals surface area contributed by atoms with Gasteiger partial charge in [0.25, 0.3) is 0 Å². The fourth-order valence-corrected chi connectivity index (χ4v) is 2.57. The topological polar surface area (TPSA) is 55.8 Å². The lowest BCUT2D eigenvalue weighted by atomic mass is 10.0. The Labute approximate surface area is 107 Å². The normalized spacial score (nSPS) is 30.4. The lowest BCUT2D eigenvalue weighted by molar-refractivity contribution is -0.148. The van der Waals surface area contributed by atoms with E-state index in [2.05, 4.69) is 0 Å². The molecule has 3 atom stereocenters. The van der Waals surface area contributed by atoms with Crippen LogP contribution in [0.2, 0.25) is 0 Å². The molecule has 1 saturated carbocycles. The number of fused-ring (bicyclic) bond motifs is 1. The molecular formula is C13H21NO4. The average molecular weight is 255 g/mol. The van der Waals surface area contributed by atoms with E-state index in [4.69, 9.17) is 9.47 Å². The molecule has 5 nitrogen and oxygen atoms in total. The average Bonchev–Trinajstić information content (AvgIpc) is 3.02. The van der Waals surface area contributed by atoms with Crippen molar-refractivity contribution in [3.05, 3.63) is 0 Å². The van der Waals surface area contributed by atoms with Crippen LogP contribution in [0.3, 0.4) is 0 Å². The maximum Gasteiger partial charge on any atom is 0.411 e. The van der Waals surface area contributed by atoms with E-state index in [1.807, 2.05) is 20.8 Å². The van der Waals surface area contributed by atoms with Crippen LogP contribution in [0, 0.1) is 5.92 Å². The summed E-state index contributed by atoms with van der Waals surface area (Å²) >= 11 is 0. The highest BCUT2D eigenvalue weighted by molar-refractivity contribution is 5.82. The molecule has 1 aliphatic heterocycles. The number of esters is 1. The molecule has 1 saturated heterocycles. The Morgan fingerprint density at radius 3 is 2.44 bits per heavy atom. The maximum absolute atomic E-state index is 12.2. The van der Waals surface area contributed by atoms with Crippen molar-refractivity contribution in [1.29, 1.82) is 0 Å². The highest BCUT2D eigenvalue weighted by atomic mass is 16.6. The number of nitrogens with zero attached hydrogens (tertiary/aromatic N) is 1. The van der Waals surface area contributed by atoms with Gasteiger partial charge in [-0.25, -0.2) is 9.59 Å². The molecular weight excluding hydrogens is 234 g/mol. The van der Waals surface area contributed by atoms with Crippen molar-refractivity contribution in [2.75, 3.05) is 7.11 Å².